The van der Waals surface area contributed by atoms with Gasteiger partial charge in [0.25, 0.3) is 0 Å². The summed E-state index contributed by atoms with van der Waals surface area (Å²) in [7, 11) is 0. The first-order valence-electron chi connectivity index (χ1n) is 8.91. The lowest BCUT2D eigenvalue weighted by atomic mass is 9.58. The summed E-state index contributed by atoms with van der Waals surface area (Å²) < 4.78 is 2.26. The van der Waals surface area contributed by atoms with Crippen molar-refractivity contribution in [1.29, 1.82) is 0 Å². The van der Waals surface area contributed by atoms with Gasteiger partial charge < -0.3 is 9.67 Å². The number of aryl methyl sites for hydroxylation is 1. The van der Waals surface area contributed by atoms with Crippen molar-refractivity contribution in [3.63, 3.8) is 0 Å². The number of nitrogens with zero attached hydrogens (tertiary/aromatic N) is 3. The molecule has 1 aromatic carbocycles. The number of benzene rings is 1. The minimum Gasteiger partial charge on any atom is -0.523 e. The van der Waals surface area contributed by atoms with Gasteiger partial charge in [0, 0.05) is 22.7 Å². The number of aromatic nitrogens is 2. The predicted octanol–water partition coefficient (Wildman–Crippen LogP) is 4.73. The summed E-state index contributed by atoms with van der Waals surface area (Å²) in [5.74, 6) is 1.62. The van der Waals surface area contributed by atoms with Crippen molar-refractivity contribution in [1.82, 2.24) is 9.55 Å². The zero-order valence-electron chi connectivity index (χ0n) is 15.0. The molecule has 0 saturated heterocycles. The Kier molecular flexibility index (Phi) is 3.50. The van der Waals surface area contributed by atoms with Crippen molar-refractivity contribution in [2.45, 2.75) is 45.4 Å². The van der Waals surface area contributed by atoms with E-state index in [1.165, 1.54) is 5.69 Å². The van der Waals surface area contributed by atoms with E-state index >= 15 is 0 Å². The topological polar surface area (TPSA) is 42.4 Å². The van der Waals surface area contributed by atoms with Crippen molar-refractivity contribution >= 4 is 0 Å². The van der Waals surface area contributed by atoms with E-state index in [-0.39, 0.29) is 11.3 Å². The van der Waals surface area contributed by atoms with Crippen molar-refractivity contribution in [2.24, 2.45) is 11.8 Å². The van der Waals surface area contributed by atoms with E-state index in [0.717, 1.165) is 30.0 Å². The minimum atomic E-state index is -0.191. The Hall–Kier alpha value is -2.54. The Morgan fingerprint density at radius 3 is 2.72 bits per heavy atom. The van der Waals surface area contributed by atoms with Crippen molar-refractivity contribution in [3.8, 4) is 5.69 Å². The fraction of sp³-hybridized carbons (Fsp3) is 0.429. The zero-order valence-corrected chi connectivity index (χ0v) is 15.0. The lowest BCUT2D eigenvalue weighted by Crippen LogP contribution is -2.44. The van der Waals surface area contributed by atoms with Crippen LogP contribution < -0.4 is 0 Å². The first kappa shape index (κ1) is 16.0. The second-order valence-corrected chi connectivity index (χ2v) is 7.60. The maximum atomic E-state index is 10.4. The molecule has 0 radical (unpaired) electrons. The number of aliphatic hydroxyl groups excluding tert-OH is 1. The van der Waals surface area contributed by atoms with Crippen molar-refractivity contribution in [2.75, 3.05) is 0 Å². The fourth-order valence-electron chi connectivity index (χ4n) is 4.98. The van der Waals surface area contributed by atoms with Gasteiger partial charge in [0.15, 0.2) is 0 Å². The van der Waals surface area contributed by atoms with Gasteiger partial charge in [-0.25, -0.2) is 9.83 Å². The van der Waals surface area contributed by atoms with Gasteiger partial charge in [0.1, 0.15) is 5.82 Å². The van der Waals surface area contributed by atoms with Crippen LogP contribution in [0, 0.1) is 25.3 Å². The number of aliphatic hydroxyl groups is 1. The van der Waals surface area contributed by atoms with Crippen LogP contribution in [0.3, 0.4) is 0 Å². The maximum Gasteiger partial charge on any atom is 0.203 e. The standard InChI is InChI=1S/C21H23N3O/c1-13-16-10-11-18-20(21(16,3)12-17(22-4)19(13)25)23-14(2)24(18)15-8-6-5-7-9-15/h5-9,13,16,25H,10-12H2,1-3H3/t13-,16-,21-/m0/s1. The summed E-state index contributed by atoms with van der Waals surface area (Å²) >= 11 is 0. The monoisotopic (exact) mass is 333 g/mol. The largest absolute Gasteiger partial charge is 0.523 e. The highest BCUT2D eigenvalue weighted by Crippen LogP contribution is 2.53. The molecule has 0 fully saturated rings. The van der Waals surface area contributed by atoms with Gasteiger partial charge in [-0.2, -0.15) is 0 Å². The Morgan fingerprint density at radius 1 is 1.32 bits per heavy atom. The van der Waals surface area contributed by atoms with E-state index in [9.17, 15) is 5.11 Å². The van der Waals surface area contributed by atoms with Crippen LogP contribution in [0.5, 0.6) is 0 Å². The molecule has 2 aliphatic rings. The van der Waals surface area contributed by atoms with Crippen molar-refractivity contribution in [3.05, 3.63) is 70.4 Å². The number of allylic oxidation sites excluding steroid dienone is 2. The van der Waals surface area contributed by atoms with Crippen LogP contribution in [-0.2, 0) is 11.8 Å². The second-order valence-electron chi connectivity index (χ2n) is 7.60. The van der Waals surface area contributed by atoms with Crippen LogP contribution in [0.4, 0.5) is 0 Å². The first-order chi connectivity index (χ1) is 12.0. The number of rotatable bonds is 1. The third-order valence-electron chi connectivity index (χ3n) is 6.21. The van der Waals surface area contributed by atoms with E-state index in [1.54, 1.807) is 0 Å². The molecular formula is C21H23N3O. The Bertz CT molecular complexity index is 903. The molecule has 3 atom stereocenters. The highest BCUT2D eigenvalue weighted by molar-refractivity contribution is 5.43. The van der Waals surface area contributed by atoms with Crippen LogP contribution in [0.25, 0.3) is 10.5 Å². The molecule has 2 aromatic rings. The van der Waals surface area contributed by atoms with Gasteiger partial charge in [0.05, 0.1) is 18.0 Å². The smallest absolute Gasteiger partial charge is 0.203 e. The van der Waals surface area contributed by atoms with E-state index in [4.69, 9.17) is 11.6 Å². The van der Waals surface area contributed by atoms with E-state index in [1.807, 2.05) is 6.07 Å². The molecule has 4 heteroatoms. The SMILES string of the molecule is [C-]#[N+]C1=C(O)[C@@H](C)[C@@H]2CCc3c(nc(C)n3-c3ccccc3)[C@@]2(C)C1. The molecule has 2 aliphatic carbocycles. The lowest BCUT2D eigenvalue weighted by molar-refractivity contribution is 0.135. The molecule has 0 aliphatic heterocycles. The minimum absolute atomic E-state index is 0.0122. The molecule has 1 aromatic heterocycles. The predicted molar refractivity (Wildman–Crippen MR) is 97.5 cm³/mol. The van der Waals surface area contributed by atoms with Gasteiger partial charge in [-0.05, 0) is 44.2 Å². The third kappa shape index (κ3) is 2.15. The summed E-state index contributed by atoms with van der Waals surface area (Å²) in [5.41, 5.74) is 3.84. The Labute approximate surface area is 148 Å². The van der Waals surface area contributed by atoms with E-state index < -0.39 is 0 Å². The van der Waals surface area contributed by atoms with Crippen LogP contribution in [0.2, 0.25) is 0 Å². The number of hydrogen-bond acceptors (Lipinski definition) is 2. The maximum absolute atomic E-state index is 10.4. The highest BCUT2D eigenvalue weighted by Gasteiger charge is 2.50. The molecule has 0 amide bonds. The number of fused-ring (bicyclic) bond motifs is 3. The molecule has 0 unspecified atom stereocenters. The second kappa shape index (κ2) is 5.49. The van der Waals surface area contributed by atoms with Gasteiger partial charge in [-0.15, -0.1) is 0 Å². The van der Waals surface area contributed by atoms with Crippen LogP contribution in [-0.4, -0.2) is 14.7 Å². The first-order valence-corrected chi connectivity index (χ1v) is 8.91. The number of hydrogen-bond donors (Lipinski definition) is 1. The third-order valence-corrected chi connectivity index (χ3v) is 6.21. The van der Waals surface area contributed by atoms with Crippen molar-refractivity contribution < 1.29 is 5.11 Å². The molecule has 0 spiro atoms. The van der Waals surface area contributed by atoms with E-state index in [2.05, 4.69) is 54.4 Å². The average molecular weight is 333 g/mol. The van der Waals surface area contributed by atoms with Crippen LogP contribution >= 0.6 is 0 Å². The van der Waals surface area contributed by atoms with Gasteiger partial charge >= 0.3 is 0 Å². The Balaban J connectivity index is 1.90. The van der Waals surface area contributed by atoms with Crippen LogP contribution in [0.15, 0.2) is 41.8 Å². The normalized spacial score (nSPS) is 28.2. The molecule has 4 nitrogen and oxygen atoms in total. The van der Waals surface area contributed by atoms with E-state index in [0.29, 0.717) is 23.8 Å². The summed E-state index contributed by atoms with van der Waals surface area (Å²) in [6.45, 7) is 13.8. The molecule has 1 heterocycles. The molecule has 1 N–H and O–H groups in total. The highest BCUT2D eigenvalue weighted by atomic mass is 16.3. The van der Waals surface area contributed by atoms with Gasteiger partial charge in [-0.3, -0.25) is 0 Å². The number of para-hydroxylation sites is 1. The molecular weight excluding hydrogens is 310 g/mol. The average Bonchev–Trinajstić information content (AvgIpc) is 2.96. The quantitative estimate of drug-likeness (QED) is 0.767. The summed E-state index contributed by atoms with van der Waals surface area (Å²) in [4.78, 5) is 8.59. The molecule has 0 saturated carbocycles. The molecule has 0 bridgehead atoms. The Morgan fingerprint density at radius 2 is 2.04 bits per heavy atom. The van der Waals surface area contributed by atoms with Crippen LogP contribution in [0.1, 0.15) is 43.9 Å². The summed E-state index contributed by atoms with van der Waals surface area (Å²) in [6.07, 6.45) is 2.55. The summed E-state index contributed by atoms with van der Waals surface area (Å²) in [6, 6.07) is 10.4. The lowest BCUT2D eigenvalue weighted by Gasteiger charge is -2.47. The molecule has 25 heavy (non-hydrogen) atoms. The molecule has 4 rings (SSSR count). The number of imidazole rings is 1. The fourth-order valence-corrected chi connectivity index (χ4v) is 4.98. The zero-order chi connectivity index (χ0) is 17.8. The molecule has 128 valence electrons. The van der Waals surface area contributed by atoms with Gasteiger partial charge in [0.2, 0.25) is 5.70 Å². The van der Waals surface area contributed by atoms with Gasteiger partial charge in [-0.1, -0.05) is 32.0 Å². The summed E-state index contributed by atoms with van der Waals surface area (Å²) in [5, 5.41) is 10.4.